The van der Waals surface area contributed by atoms with Crippen molar-refractivity contribution in [3.63, 3.8) is 0 Å². The fraction of sp³-hybridized carbons (Fsp3) is 0.435. The molecular formula is C23H27BrO2. The molecule has 0 aliphatic heterocycles. The van der Waals surface area contributed by atoms with Crippen LogP contribution in [0, 0.1) is 17.8 Å². The molecule has 0 aromatic heterocycles. The van der Waals surface area contributed by atoms with Gasteiger partial charge in [-0.15, -0.1) is 0 Å². The van der Waals surface area contributed by atoms with Gasteiger partial charge in [-0.1, -0.05) is 89.4 Å². The molecule has 1 fully saturated rings. The Labute approximate surface area is 164 Å². The van der Waals surface area contributed by atoms with Gasteiger partial charge in [-0.05, 0) is 42.2 Å². The molecule has 2 aromatic carbocycles. The highest BCUT2D eigenvalue weighted by atomic mass is 79.9. The Balaban J connectivity index is 1.85. The van der Waals surface area contributed by atoms with E-state index in [0.717, 1.165) is 41.6 Å². The molecule has 0 saturated heterocycles. The number of halogens is 1. The molecule has 2 nitrogen and oxygen atoms in total. The molecule has 2 aromatic rings. The van der Waals surface area contributed by atoms with E-state index in [0.29, 0.717) is 5.92 Å². The van der Waals surface area contributed by atoms with Gasteiger partial charge in [0.25, 0.3) is 0 Å². The van der Waals surface area contributed by atoms with Crippen molar-refractivity contribution in [2.45, 2.75) is 38.0 Å². The first-order valence-corrected chi connectivity index (χ1v) is 10.7. The average molecular weight is 415 g/mol. The van der Waals surface area contributed by atoms with Gasteiger partial charge in [0.05, 0.1) is 5.92 Å². The van der Waals surface area contributed by atoms with Gasteiger partial charge in [-0.3, -0.25) is 4.79 Å². The highest BCUT2D eigenvalue weighted by molar-refractivity contribution is 9.09. The fourth-order valence-electron chi connectivity index (χ4n) is 4.34. The van der Waals surface area contributed by atoms with Crippen LogP contribution >= 0.6 is 15.9 Å². The maximum absolute atomic E-state index is 12.3. The molecule has 1 aliphatic rings. The first kappa shape index (κ1) is 19.2. The van der Waals surface area contributed by atoms with Gasteiger partial charge in [0.15, 0.2) is 0 Å². The molecule has 1 unspecified atom stereocenters. The lowest BCUT2D eigenvalue weighted by molar-refractivity contribution is -0.143. The molecular weight excluding hydrogens is 388 g/mol. The monoisotopic (exact) mass is 414 g/mol. The molecule has 1 aliphatic carbocycles. The number of aliphatic carboxylic acids is 1. The van der Waals surface area contributed by atoms with E-state index in [-0.39, 0.29) is 11.8 Å². The quantitative estimate of drug-likeness (QED) is 0.554. The lowest BCUT2D eigenvalue weighted by Crippen LogP contribution is -2.27. The Morgan fingerprint density at radius 1 is 0.885 bits per heavy atom. The van der Waals surface area contributed by atoms with E-state index in [2.05, 4.69) is 40.2 Å². The maximum atomic E-state index is 12.3. The summed E-state index contributed by atoms with van der Waals surface area (Å²) in [6.07, 6.45) is 5.48. The Hall–Kier alpha value is -1.61. The first-order chi connectivity index (χ1) is 12.7. The van der Waals surface area contributed by atoms with E-state index in [1.807, 2.05) is 36.4 Å². The minimum absolute atomic E-state index is 0.0937. The normalized spacial score (nSPS) is 21.5. The summed E-state index contributed by atoms with van der Waals surface area (Å²) in [5, 5.41) is 11.2. The molecule has 0 heterocycles. The SMILES string of the molecule is O=C(O)C(CC1CCC(CBr)CC1)C(c1ccccc1)c1ccccc1. The molecule has 26 heavy (non-hydrogen) atoms. The van der Waals surface area contributed by atoms with E-state index in [4.69, 9.17) is 0 Å². The molecule has 0 radical (unpaired) electrons. The van der Waals surface area contributed by atoms with Crippen LogP contribution in [-0.4, -0.2) is 16.4 Å². The summed E-state index contributed by atoms with van der Waals surface area (Å²) in [7, 11) is 0. The first-order valence-electron chi connectivity index (χ1n) is 9.57. The van der Waals surface area contributed by atoms with Crippen molar-refractivity contribution in [3.8, 4) is 0 Å². The Bertz CT molecular complexity index is 638. The maximum Gasteiger partial charge on any atom is 0.307 e. The topological polar surface area (TPSA) is 37.3 Å². The van der Waals surface area contributed by atoms with E-state index in [1.54, 1.807) is 0 Å². The lowest BCUT2D eigenvalue weighted by Gasteiger charge is -2.32. The zero-order valence-electron chi connectivity index (χ0n) is 15.1. The van der Waals surface area contributed by atoms with Crippen molar-refractivity contribution in [1.82, 2.24) is 0 Å². The fourth-order valence-corrected chi connectivity index (χ4v) is 4.99. The molecule has 1 N–H and O–H groups in total. The third-order valence-electron chi connectivity index (χ3n) is 5.81. The molecule has 3 rings (SSSR count). The van der Waals surface area contributed by atoms with E-state index < -0.39 is 5.97 Å². The van der Waals surface area contributed by atoms with Gasteiger partial charge in [0.2, 0.25) is 0 Å². The molecule has 0 amide bonds. The summed E-state index contributed by atoms with van der Waals surface area (Å²) in [6.45, 7) is 0. The lowest BCUT2D eigenvalue weighted by atomic mass is 9.72. The van der Waals surface area contributed by atoms with E-state index >= 15 is 0 Å². The third kappa shape index (κ3) is 4.76. The number of carboxylic acid groups (broad SMARTS) is 1. The minimum Gasteiger partial charge on any atom is -0.481 e. The summed E-state index contributed by atoms with van der Waals surface area (Å²) in [4.78, 5) is 12.3. The highest BCUT2D eigenvalue weighted by Gasteiger charge is 2.34. The number of hydrogen-bond acceptors (Lipinski definition) is 1. The average Bonchev–Trinajstić information content (AvgIpc) is 2.69. The molecule has 0 spiro atoms. The van der Waals surface area contributed by atoms with Crippen LogP contribution in [0.2, 0.25) is 0 Å². The third-order valence-corrected chi connectivity index (χ3v) is 6.72. The highest BCUT2D eigenvalue weighted by Crippen LogP contribution is 2.40. The number of carbonyl (C=O) groups is 1. The van der Waals surface area contributed by atoms with Crippen molar-refractivity contribution in [2.75, 3.05) is 5.33 Å². The summed E-state index contributed by atoms with van der Waals surface area (Å²) in [5.41, 5.74) is 2.19. The van der Waals surface area contributed by atoms with Crippen LogP contribution in [0.1, 0.15) is 49.1 Å². The van der Waals surface area contributed by atoms with Gasteiger partial charge in [0, 0.05) is 11.2 Å². The van der Waals surface area contributed by atoms with Crippen molar-refractivity contribution in [1.29, 1.82) is 0 Å². The standard InChI is InChI=1S/C23H27BrO2/c24-16-18-13-11-17(12-14-18)15-21(23(25)26)22(19-7-3-1-4-8-19)20-9-5-2-6-10-20/h1-10,17-18,21-22H,11-16H2,(H,25,26). The van der Waals surface area contributed by atoms with Crippen LogP contribution in [-0.2, 0) is 4.79 Å². The van der Waals surface area contributed by atoms with Crippen molar-refractivity contribution >= 4 is 21.9 Å². The molecule has 138 valence electrons. The van der Waals surface area contributed by atoms with Crippen LogP contribution in [0.25, 0.3) is 0 Å². The Morgan fingerprint density at radius 3 is 1.77 bits per heavy atom. The summed E-state index contributed by atoms with van der Waals surface area (Å²) >= 11 is 3.60. The van der Waals surface area contributed by atoms with Gasteiger partial charge in [-0.2, -0.15) is 0 Å². The number of hydrogen-bond donors (Lipinski definition) is 1. The predicted molar refractivity (Wildman–Crippen MR) is 110 cm³/mol. The molecule has 1 atom stereocenters. The summed E-state index contributed by atoms with van der Waals surface area (Å²) < 4.78 is 0. The predicted octanol–water partition coefficient (Wildman–Crippen LogP) is 6.11. The second-order valence-corrected chi connectivity index (χ2v) is 8.17. The van der Waals surface area contributed by atoms with E-state index in [9.17, 15) is 9.90 Å². The second kappa shape index (κ2) is 9.36. The number of benzene rings is 2. The van der Waals surface area contributed by atoms with Gasteiger partial charge >= 0.3 is 5.97 Å². The molecule has 1 saturated carbocycles. The van der Waals surface area contributed by atoms with Crippen LogP contribution in [0.4, 0.5) is 0 Å². The Kier molecular flexibility index (Phi) is 6.90. The van der Waals surface area contributed by atoms with Gasteiger partial charge < -0.3 is 5.11 Å². The van der Waals surface area contributed by atoms with Crippen LogP contribution in [0.3, 0.4) is 0 Å². The van der Waals surface area contributed by atoms with Crippen LogP contribution in [0.5, 0.6) is 0 Å². The zero-order chi connectivity index (χ0) is 18.4. The minimum atomic E-state index is -0.676. The number of alkyl halides is 1. The summed E-state index contributed by atoms with van der Waals surface area (Å²) in [6, 6.07) is 20.3. The van der Waals surface area contributed by atoms with Gasteiger partial charge in [0.1, 0.15) is 0 Å². The largest absolute Gasteiger partial charge is 0.481 e. The van der Waals surface area contributed by atoms with Crippen molar-refractivity contribution < 1.29 is 9.90 Å². The van der Waals surface area contributed by atoms with Gasteiger partial charge in [-0.25, -0.2) is 0 Å². The zero-order valence-corrected chi connectivity index (χ0v) is 16.6. The van der Waals surface area contributed by atoms with Crippen molar-refractivity contribution in [2.24, 2.45) is 17.8 Å². The smallest absolute Gasteiger partial charge is 0.307 e. The van der Waals surface area contributed by atoms with E-state index in [1.165, 1.54) is 12.8 Å². The summed E-state index contributed by atoms with van der Waals surface area (Å²) in [5.74, 6) is 0.120. The number of carboxylic acids is 1. The second-order valence-electron chi connectivity index (χ2n) is 7.52. The molecule has 3 heteroatoms. The van der Waals surface area contributed by atoms with Crippen LogP contribution in [0.15, 0.2) is 60.7 Å². The van der Waals surface area contributed by atoms with Crippen molar-refractivity contribution in [3.05, 3.63) is 71.8 Å². The number of rotatable bonds is 7. The molecule has 0 bridgehead atoms. The Morgan fingerprint density at radius 2 is 1.35 bits per heavy atom. The van der Waals surface area contributed by atoms with Crippen LogP contribution < -0.4 is 0 Å².